The smallest absolute Gasteiger partial charge is 0.295 e. The monoisotopic (exact) mass is 433 g/mol. The Kier molecular flexibility index (Phi) is 5.85. The molecule has 0 saturated carbocycles. The zero-order chi connectivity index (χ0) is 22.8. The van der Waals surface area contributed by atoms with E-state index in [1.54, 1.807) is 16.8 Å². The third-order valence-corrected chi connectivity index (χ3v) is 5.51. The maximum atomic E-state index is 13.3. The molecule has 2 aromatic heterocycles. The molecule has 1 amide bonds. The molecule has 0 aliphatic rings. The van der Waals surface area contributed by atoms with E-state index in [0.717, 1.165) is 16.9 Å². The number of benzene rings is 2. The number of halogens is 1. The van der Waals surface area contributed by atoms with E-state index in [1.807, 2.05) is 51.1 Å². The van der Waals surface area contributed by atoms with E-state index >= 15 is 0 Å². The van der Waals surface area contributed by atoms with Crippen LogP contribution in [0, 0.1) is 19.7 Å². The van der Waals surface area contributed by atoms with Gasteiger partial charge in [-0.2, -0.15) is 10.2 Å². The topological polar surface area (TPSA) is 81.8 Å². The van der Waals surface area contributed by atoms with Crippen LogP contribution in [-0.2, 0) is 11.3 Å². The number of nitrogens with zero attached hydrogens (tertiary/aromatic N) is 4. The van der Waals surface area contributed by atoms with Crippen LogP contribution in [-0.4, -0.2) is 25.5 Å². The molecule has 2 aromatic carbocycles. The number of rotatable bonds is 6. The van der Waals surface area contributed by atoms with E-state index in [9.17, 15) is 14.0 Å². The van der Waals surface area contributed by atoms with E-state index in [-0.39, 0.29) is 23.8 Å². The number of carbonyl (C=O) groups excluding carboxylic acids is 1. The summed E-state index contributed by atoms with van der Waals surface area (Å²) in [4.78, 5) is 26.2. The minimum Gasteiger partial charge on any atom is -0.350 e. The highest BCUT2D eigenvalue weighted by molar-refractivity contribution is 5.84. The molecule has 0 aliphatic carbocycles. The standard InChI is InChI=1S/C24H24FN5O2/c1-4-20(23(31)26-14-17-10-12-18(25)13-11-17)30-24(32)22-21(15(2)27-30)16(3)29(28-22)19-8-6-5-7-9-19/h5-13,20H,4,14H2,1-3H3,(H,26,31)/t20-/m1/s1. The predicted octanol–water partition coefficient (Wildman–Crippen LogP) is 3.61. The largest absolute Gasteiger partial charge is 0.350 e. The lowest BCUT2D eigenvalue weighted by Gasteiger charge is -2.17. The molecular weight excluding hydrogens is 409 g/mol. The van der Waals surface area contributed by atoms with Crippen molar-refractivity contribution in [3.05, 3.63) is 87.7 Å². The number of para-hydroxylation sites is 1. The molecule has 0 aliphatic heterocycles. The lowest BCUT2D eigenvalue weighted by Crippen LogP contribution is -2.38. The Labute approximate surface area is 184 Å². The highest BCUT2D eigenvalue weighted by Crippen LogP contribution is 2.22. The number of fused-ring (bicyclic) bond motifs is 1. The molecule has 4 aromatic rings. The van der Waals surface area contributed by atoms with E-state index in [2.05, 4.69) is 15.5 Å². The lowest BCUT2D eigenvalue weighted by atomic mass is 10.1. The van der Waals surface area contributed by atoms with Gasteiger partial charge in [-0.05, 0) is 50.1 Å². The van der Waals surface area contributed by atoms with Crippen LogP contribution in [0.15, 0.2) is 59.4 Å². The van der Waals surface area contributed by atoms with Crippen LogP contribution >= 0.6 is 0 Å². The van der Waals surface area contributed by atoms with Gasteiger partial charge in [0.2, 0.25) is 5.91 Å². The molecule has 0 saturated heterocycles. The van der Waals surface area contributed by atoms with Gasteiger partial charge in [0.1, 0.15) is 11.9 Å². The van der Waals surface area contributed by atoms with Crippen LogP contribution in [0.5, 0.6) is 0 Å². The zero-order valence-corrected chi connectivity index (χ0v) is 18.2. The second-order valence-corrected chi connectivity index (χ2v) is 7.66. The first-order chi connectivity index (χ1) is 15.4. The number of aryl methyl sites for hydroxylation is 2. The Hall–Kier alpha value is -3.81. The first-order valence-electron chi connectivity index (χ1n) is 10.5. The van der Waals surface area contributed by atoms with Gasteiger partial charge in [0.05, 0.1) is 22.5 Å². The predicted molar refractivity (Wildman–Crippen MR) is 120 cm³/mol. The van der Waals surface area contributed by atoms with Crippen molar-refractivity contribution in [2.24, 2.45) is 0 Å². The number of hydrogen-bond donors (Lipinski definition) is 1. The maximum absolute atomic E-state index is 13.3. The molecule has 32 heavy (non-hydrogen) atoms. The van der Waals surface area contributed by atoms with Crippen LogP contribution in [0.25, 0.3) is 16.6 Å². The van der Waals surface area contributed by atoms with Crippen molar-refractivity contribution in [3.63, 3.8) is 0 Å². The van der Waals surface area contributed by atoms with Crippen LogP contribution in [0.3, 0.4) is 0 Å². The summed E-state index contributed by atoms with van der Waals surface area (Å²) in [5.41, 5.74) is 2.92. The van der Waals surface area contributed by atoms with Crippen LogP contribution in [0.4, 0.5) is 4.39 Å². The fourth-order valence-corrected chi connectivity index (χ4v) is 3.86. The van der Waals surface area contributed by atoms with Gasteiger partial charge in [-0.25, -0.2) is 13.8 Å². The molecular formula is C24H24FN5O2. The summed E-state index contributed by atoms with van der Waals surface area (Å²) in [5.74, 6) is -0.666. The molecule has 1 N–H and O–H groups in total. The van der Waals surface area contributed by atoms with Crippen molar-refractivity contribution < 1.29 is 9.18 Å². The van der Waals surface area contributed by atoms with Crippen LogP contribution in [0.1, 0.15) is 36.3 Å². The summed E-state index contributed by atoms with van der Waals surface area (Å²) < 4.78 is 16.0. The molecule has 8 heteroatoms. The van der Waals surface area contributed by atoms with Gasteiger partial charge < -0.3 is 5.32 Å². The Morgan fingerprint density at radius 2 is 1.75 bits per heavy atom. The number of hydrogen-bond acceptors (Lipinski definition) is 4. The van der Waals surface area contributed by atoms with Gasteiger partial charge in [0, 0.05) is 6.54 Å². The number of aromatic nitrogens is 4. The fourth-order valence-electron chi connectivity index (χ4n) is 3.86. The molecule has 164 valence electrons. The second kappa shape index (κ2) is 8.74. The lowest BCUT2D eigenvalue weighted by molar-refractivity contribution is -0.125. The van der Waals surface area contributed by atoms with Gasteiger partial charge in [-0.15, -0.1) is 0 Å². The molecule has 0 bridgehead atoms. The molecule has 0 unspecified atom stereocenters. The van der Waals surface area contributed by atoms with Crippen molar-refractivity contribution in [1.29, 1.82) is 0 Å². The molecule has 0 spiro atoms. The number of nitrogens with one attached hydrogen (secondary N) is 1. The van der Waals surface area contributed by atoms with Crippen LogP contribution in [0.2, 0.25) is 0 Å². The summed E-state index contributed by atoms with van der Waals surface area (Å²) in [7, 11) is 0. The molecule has 1 atom stereocenters. The highest BCUT2D eigenvalue weighted by Gasteiger charge is 2.25. The summed E-state index contributed by atoms with van der Waals surface area (Å²) in [6.45, 7) is 5.76. The molecule has 4 rings (SSSR count). The number of carbonyl (C=O) groups is 1. The SMILES string of the molecule is CC[C@H](C(=O)NCc1ccc(F)cc1)n1nc(C)c2c(C)n(-c3ccccc3)nc2c1=O. The normalized spacial score (nSPS) is 12.1. The minimum atomic E-state index is -0.784. The van der Waals surface area contributed by atoms with Gasteiger partial charge in [-0.1, -0.05) is 37.3 Å². The second-order valence-electron chi connectivity index (χ2n) is 7.66. The Morgan fingerprint density at radius 1 is 1.06 bits per heavy atom. The summed E-state index contributed by atoms with van der Waals surface area (Å²) in [6.07, 6.45) is 0.380. The molecule has 2 heterocycles. The number of amides is 1. The quantitative estimate of drug-likeness (QED) is 0.504. The van der Waals surface area contributed by atoms with Gasteiger partial charge in [0.25, 0.3) is 5.56 Å². The van der Waals surface area contributed by atoms with Crippen LogP contribution < -0.4 is 10.9 Å². The average Bonchev–Trinajstić information content (AvgIpc) is 3.15. The summed E-state index contributed by atoms with van der Waals surface area (Å²) >= 11 is 0. The molecule has 0 radical (unpaired) electrons. The molecule has 0 fully saturated rings. The first-order valence-corrected chi connectivity index (χ1v) is 10.5. The summed E-state index contributed by atoms with van der Waals surface area (Å²) in [6, 6.07) is 14.7. The van der Waals surface area contributed by atoms with Crippen molar-refractivity contribution >= 4 is 16.8 Å². The highest BCUT2D eigenvalue weighted by atomic mass is 19.1. The van der Waals surface area contributed by atoms with Gasteiger partial charge in [-0.3, -0.25) is 9.59 Å². The maximum Gasteiger partial charge on any atom is 0.295 e. The minimum absolute atomic E-state index is 0.229. The van der Waals surface area contributed by atoms with Gasteiger partial charge >= 0.3 is 0 Å². The van der Waals surface area contributed by atoms with Crippen molar-refractivity contribution in [2.75, 3.05) is 0 Å². The Morgan fingerprint density at radius 3 is 2.41 bits per heavy atom. The van der Waals surface area contributed by atoms with E-state index in [4.69, 9.17) is 0 Å². The zero-order valence-electron chi connectivity index (χ0n) is 18.2. The first kappa shape index (κ1) is 21.4. The van der Waals surface area contributed by atoms with Crippen molar-refractivity contribution in [3.8, 4) is 5.69 Å². The fraction of sp³-hybridized carbons (Fsp3) is 0.250. The third-order valence-electron chi connectivity index (χ3n) is 5.51. The van der Waals surface area contributed by atoms with E-state index in [0.29, 0.717) is 17.5 Å². The van der Waals surface area contributed by atoms with E-state index in [1.165, 1.54) is 16.8 Å². The third kappa shape index (κ3) is 3.91. The van der Waals surface area contributed by atoms with Crippen molar-refractivity contribution in [1.82, 2.24) is 24.9 Å². The Bertz CT molecular complexity index is 1330. The van der Waals surface area contributed by atoms with Crippen molar-refractivity contribution in [2.45, 2.75) is 39.8 Å². The molecule has 7 nitrogen and oxygen atoms in total. The average molecular weight is 433 g/mol. The van der Waals surface area contributed by atoms with E-state index < -0.39 is 11.6 Å². The summed E-state index contributed by atoms with van der Waals surface area (Å²) in [5, 5.41) is 12.5. The van der Waals surface area contributed by atoms with Gasteiger partial charge in [0.15, 0.2) is 5.52 Å². The Balaban J connectivity index is 1.69.